The quantitative estimate of drug-likeness (QED) is 0.347. The van der Waals surface area contributed by atoms with Gasteiger partial charge in [-0.15, -0.1) is 0 Å². The normalized spacial score (nSPS) is 18.8. The summed E-state index contributed by atoms with van der Waals surface area (Å²) in [5, 5.41) is 13.4. The highest BCUT2D eigenvalue weighted by Gasteiger charge is 2.34. The highest BCUT2D eigenvalue weighted by atomic mass is 19.4. The number of hydrogen-bond donors (Lipinski definition) is 3. The Bertz CT molecular complexity index is 1370. The van der Waals surface area contributed by atoms with E-state index in [1.54, 1.807) is 30.3 Å². The fraction of sp³-hybridized carbons (Fsp3) is 0.292. The lowest BCUT2D eigenvalue weighted by Crippen LogP contribution is -2.42. The van der Waals surface area contributed by atoms with Gasteiger partial charge in [-0.3, -0.25) is 9.89 Å². The number of para-hydroxylation sites is 1. The number of carbonyl (C=O) groups is 1. The third-order valence-electron chi connectivity index (χ3n) is 6.18. The summed E-state index contributed by atoms with van der Waals surface area (Å²) in [6.07, 6.45) is -0.537. The van der Waals surface area contributed by atoms with E-state index in [-0.39, 0.29) is 28.6 Å². The van der Waals surface area contributed by atoms with Crippen molar-refractivity contribution in [2.75, 3.05) is 5.32 Å². The van der Waals surface area contributed by atoms with E-state index in [9.17, 15) is 22.4 Å². The molecule has 0 saturated heterocycles. The molecule has 0 unspecified atom stereocenters. The zero-order chi connectivity index (χ0) is 23.9. The summed E-state index contributed by atoms with van der Waals surface area (Å²) in [6.45, 7) is 0. The molecule has 2 aromatic heterocycles. The number of amides is 1. The first-order valence-corrected chi connectivity index (χ1v) is 11.0. The van der Waals surface area contributed by atoms with E-state index in [4.69, 9.17) is 0 Å². The number of nitrogens with one attached hydrogen (secondary N) is 3. The molecule has 1 fully saturated rings. The highest BCUT2D eigenvalue weighted by molar-refractivity contribution is 5.98. The minimum atomic E-state index is -4.57. The van der Waals surface area contributed by atoms with Crippen molar-refractivity contribution in [2.45, 2.75) is 43.9 Å². The number of nitrogens with zero attached hydrogens (tertiary/aromatic N) is 2. The maximum absolute atomic E-state index is 14.7. The molecule has 1 aliphatic rings. The fourth-order valence-electron chi connectivity index (χ4n) is 4.53. The third kappa shape index (κ3) is 4.27. The molecule has 0 spiro atoms. The van der Waals surface area contributed by atoms with Crippen molar-refractivity contribution >= 4 is 33.4 Å². The average molecular weight is 471 g/mol. The monoisotopic (exact) mass is 471 g/mol. The molecule has 5 rings (SSSR count). The summed E-state index contributed by atoms with van der Waals surface area (Å²) in [6, 6.07) is 10.3. The molecular formula is C24H21F4N5O. The van der Waals surface area contributed by atoms with Crippen LogP contribution < -0.4 is 10.6 Å². The number of hydrogen-bond acceptors (Lipinski definition) is 4. The summed E-state index contributed by atoms with van der Waals surface area (Å²) >= 11 is 0. The second kappa shape index (κ2) is 8.58. The molecule has 2 aromatic carbocycles. The number of anilines is 1. The van der Waals surface area contributed by atoms with Crippen molar-refractivity contribution in [3.05, 3.63) is 65.7 Å². The Labute approximate surface area is 191 Å². The number of halogens is 4. The van der Waals surface area contributed by atoms with Crippen LogP contribution in [0.15, 0.2) is 48.7 Å². The number of fused-ring (bicyclic) bond motifs is 2. The van der Waals surface area contributed by atoms with Gasteiger partial charge >= 0.3 is 6.18 Å². The van der Waals surface area contributed by atoms with Gasteiger partial charge in [0.15, 0.2) is 0 Å². The number of aromatic nitrogens is 3. The zero-order valence-corrected chi connectivity index (χ0v) is 17.9. The minimum Gasteiger partial charge on any atom is -0.382 e. The van der Waals surface area contributed by atoms with E-state index in [1.807, 2.05) is 0 Å². The van der Waals surface area contributed by atoms with Crippen LogP contribution >= 0.6 is 0 Å². The number of aromatic amines is 1. The second-order valence-corrected chi connectivity index (χ2v) is 8.51. The molecule has 6 nitrogen and oxygen atoms in total. The minimum absolute atomic E-state index is 0.0704. The maximum Gasteiger partial charge on any atom is 0.433 e. The summed E-state index contributed by atoms with van der Waals surface area (Å²) < 4.78 is 54.9. The van der Waals surface area contributed by atoms with E-state index in [0.29, 0.717) is 29.4 Å². The van der Waals surface area contributed by atoms with Crippen LogP contribution in [0, 0.1) is 5.82 Å². The van der Waals surface area contributed by atoms with E-state index < -0.39 is 23.6 Å². The number of benzene rings is 2. The first kappa shape index (κ1) is 22.1. The Morgan fingerprint density at radius 1 is 1.06 bits per heavy atom. The van der Waals surface area contributed by atoms with Crippen molar-refractivity contribution in [3.8, 4) is 0 Å². The molecule has 0 bridgehead atoms. The molecule has 2 heterocycles. The second-order valence-electron chi connectivity index (χ2n) is 8.51. The van der Waals surface area contributed by atoms with Crippen LogP contribution in [0.5, 0.6) is 0 Å². The molecule has 0 aliphatic heterocycles. The van der Waals surface area contributed by atoms with Gasteiger partial charge < -0.3 is 10.6 Å². The van der Waals surface area contributed by atoms with Crippen LogP contribution in [-0.4, -0.2) is 33.2 Å². The van der Waals surface area contributed by atoms with Crippen LogP contribution in [0.2, 0.25) is 0 Å². The van der Waals surface area contributed by atoms with Crippen molar-refractivity contribution in [1.82, 2.24) is 20.5 Å². The largest absolute Gasteiger partial charge is 0.433 e. The van der Waals surface area contributed by atoms with Crippen LogP contribution in [0.1, 0.15) is 41.7 Å². The molecule has 3 N–H and O–H groups in total. The van der Waals surface area contributed by atoms with Gasteiger partial charge in [0.05, 0.1) is 28.2 Å². The molecule has 10 heteroatoms. The van der Waals surface area contributed by atoms with E-state index >= 15 is 0 Å². The summed E-state index contributed by atoms with van der Waals surface area (Å²) in [7, 11) is 0. The third-order valence-corrected chi connectivity index (χ3v) is 6.18. The molecule has 1 aliphatic carbocycles. The molecule has 4 aromatic rings. The fourth-order valence-corrected chi connectivity index (χ4v) is 4.53. The Balaban J connectivity index is 1.33. The smallest absolute Gasteiger partial charge is 0.382 e. The van der Waals surface area contributed by atoms with Crippen LogP contribution in [0.4, 0.5) is 23.2 Å². The van der Waals surface area contributed by atoms with Gasteiger partial charge in [0.25, 0.3) is 5.91 Å². The predicted molar refractivity (Wildman–Crippen MR) is 120 cm³/mol. The molecule has 1 amide bonds. The zero-order valence-electron chi connectivity index (χ0n) is 17.9. The SMILES string of the molecule is O=C(N[C@@H]1CCC[C@H](Nc2cc(C(F)(F)F)nc3ccccc23)C1)c1ccc2[nH]ncc2c1F. The molecule has 34 heavy (non-hydrogen) atoms. The van der Waals surface area contributed by atoms with Crippen molar-refractivity contribution in [2.24, 2.45) is 0 Å². The van der Waals surface area contributed by atoms with E-state index in [2.05, 4.69) is 25.8 Å². The lowest BCUT2D eigenvalue weighted by molar-refractivity contribution is -0.140. The Morgan fingerprint density at radius 3 is 2.68 bits per heavy atom. The summed E-state index contributed by atoms with van der Waals surface area (Å²) in [5.41, 5.74) is 0.0779. The Kier molecular flexibility index (Phi) is 5.59. The predicted octanol–water partition coefficient (Wildman–Crippen LogP) is 5.42. The number of rotatable bonds is 4. The van der Waals surface area contributed by atoms with Crippen molar-refractivity contribution in [1.29, 1.82) is 0 Å². The topological polar surface area (TPSA) is 82.7 Å². The number of H-pyrrole nitrogens is 1. The van der Waals surface area contributed by atoms with Crippen molar-refractivity contribution < 1.29 is 22.4 Å². The summed E-state index contributed by atoms with van der Waals surface area (Å²) in [5.74, 6) is -1.17. The number of alkyl halides is 3. The van der Waals surface area contributed by atoms with Gasteiger partial charge in [0.2, 0.25) is 0 Å². The lowest BCUT2D eigenvalue weighted by Gasteiger charge is -2.31. The van der Waals surface area contributed by atoms with Gasteiger partial charge in [-0.1, -0.05) is 18.2 Å². The average Bonchev–Trinajstić information content (AvgIpc) is 3.29. The van der Waals surface area contributed by atoms with Crippen LogP contribution in [-0.2, 0) is 6.18 Å². The molecule has 2 atom stereocenters. The van der Waals surface area contributed by atoms with Gasteiger partial charge in [-0.2, -0.15) is 18.3 Å². The van der Waals surface area contributed by atoms with E-state index in [1.165, 1.54) is 12.3 Å². The Hall–Kier alpha value is -3.69. The van der Waals surface area contributed by atoms with Crippen LogP contribution in [0.3, 0.4) is 0 Å². The first-order chi connectivity index (χ1) is 16.3. The highest BCUT2D eigenvalue weighted by Crippen LogP contribution is 2.34. The van der Waals surface area contributed by atoms with Gasteiger partial charge in [-0.25, -0.2) is 9.37 Å². The first-order valence-electron chi connectivity index (χ1n) is 11.0. The number of carbonyl (C=O) groups excluding carboxylic acids is 1. The summed E-state index contributed by atoms with van der Waals surface area (Å²) in [4.78, 5) is 16.5. The lowest BCUT2D eigenvalue weighted by atomic mass is 9.90. The van der Waals surface area contributed by atoms with Gasteiger partial charge in [0.1, 0.15) is 11.5 Å². The maximum atomic E-state index is 14.7. The van der Waals surface area contributed by atoms with Crippen LogP contribution in [0.25, 0.3) is 21.8 Å². The van der Waals surface area contributed by atoms with Gasteiger partial charge in [-0.05, 0) is 49.9 Å². The molecule has 1 saturated carbocycles. The van der Waals surface area contributed by atoms with Gasteiger partial charge in [0, 0.05) is 23.2 Å². The van der Waals surface area contributed by atoms with E-state index in [0.717, 1.165) is 18.9 Å². The molecule has 0 radical (unpaired) electrons. The Morgan fingerprint density at radius 2 is 1.85 bits per heavy atom. The molecular weight excluding hydrogens is 450 g/mol. The number of pyridine rings is 1. The van der Waals surface area contributed by atoms with Crippen molar-refractivity contribution in [3.63, 3.8) is 0 Å². The molecule has 176 valence electrons. The standard InChI is InChI=1S/C24H21F4N5O/c25-22-16(8-9-19-17(22)12-29-33-19)23(34)31-14-5-3-4-13(10-14)30-20-11-21(24(26,27)28)32-18-7-2-1-6-15(18)20/h1-2,6-9,11-14H,3-5,10H2,(H,29,33)(H,30,32)(H,31,34)/t13-,14+/m0/s1.